The van der Waals surface area contributed by atoms with Crippen molar-refractivity contribution in [1.82, 2.24) is 21.3 Å². The molecule has 4 atom stereocenters. The molecule has 2 fully saturated rings. The van der Waals surface area contributed by atoms with Gasteiger partial charge in [0, 0.05) is 36.3 Å². The van der Waals surface area contributed by atoms with Crippen molar-refractivity contribution in [3.05, 3.63) is 35.4 Å². The third-order valence-electron chi connectivity index (χ3n) is 5.31. The zero-order valence-corrected chi connectivity index (χ0v) is 16.9. The number of hydrogen-bond acceptors (Lipinski definition) is 8. The predicted molar refractivity (Wildman–Crippen MR) is 106 cm³/mol. The van der Waals surface area contributed by atoms with E-state index in [1.54, 1.807) is 24.3 Å². The highest BCUT2D eigenvalue weighted by Crippen LogP contribution is 2.12. The molecule has 2 amide bonds. The Kier molecular flexibility index (Phi) is 7.01. The number of amides is 2. The van der Waals surface area contributed by atoms with Crippen LogP contribution in [-0.2, 0) is 19.1 Å². The number of hydrogen-bond donors (Lipinski definition) is 4. The summed E-state index contributed by atoms with van der Waals surface area (Å²) in [7, 11) is 2.66. The molecule has 0 saturated carbocycles. The summed E-state index contributed by atoms with van der Waals surface area (Å²) in [5.74, 6) is -1.25. The van der Waals surface area contributed by atoms with Gasteiger partial charge in [-0.15, -0.1) is 0 Å². The van der Waals surface area contributed by atoms with Crippen molar-refractivity contribution in [2.75, 3.05) is 27.3 Å². The van der Waals surface area contributed by atoms with E-state index in [0.717, 1.165) is 0 Å². The molecule has 30 heavy (non-hydrogen) atoms. The lowest BCUT2D eigenvalue weighted by Gasteiger charge is -2.13. The van der Waals surface area contributed by atoms with Gasteiger partial charge in [-0.3, -0.25) is 19.2 Å². The third-order valence-corrected chi connectivity index (χ3v) is 5.31. The van der Waals surface area contributed by atoms with Crippen LogP contribution in [0.4, 0.5) is 0 Å². The van der Waals surface area contributed by atoms with Gasteiger partial charge in [-0.25, -0.2) is 0 Å². The van der Waals surface area contributed by atoms with Crippen LogP contribution in [0.3, 0.4) is 0 Å². The number of carbonyl (C=O) groups is 4. The van der Waals surface area contributed by atoms with Crippen molar-refractivity contribution in [2.45, 2.75) is 37.0 Å². The van der Waals surface area contributed by atoms with Gasteiger partial charge in [0.1, 0.15) is 12.1 Å². The van der Waals surface area contributed by atoms with Crippen LogP contribution in [0.1, 0.15) is 33.6 Å². The Bertz CT molecular complexity index is 745. The molecule has 3 rings (SSSR count). The Morgan fingerprint density at radius 1 is 0.767 bits per heavy atom. The van der Waals surface area contributed by atoms with Crippen LogP contribution < -0.4 is 21.3 Å². The predicted octanol–water partition coefficient (Wildman–Crippen LogP) is -1.05. The van der Waals surface area contributed by atoms with Crippen LogP contribution in [-0.4, -0.2) is 75.2 Å². The molecule has 0 spiro atoms. The minimum absolute atomic E-state index is 0.179. The van der Waals surface area contributed by atoms with E-state index in [1.807, 2.05) is 0 Å². The first-order chi connectivity index (χ1) is 14.4. The molecule has 1 unspecified atom stereocenters. The van der Waals surface area contributed by atoms with E-state index < -0.39 is 12.1 Å². The monoisotopic (exact) mass is 418 g/mol. The maximum atomic E-state index is 12.4. The summed E-state index contributed by atoms with van der Waals surface area (Å²) in [5.41, 5.74) is 0.836. The highest BCUT2D eigenvalue weighted by molar-refractivity contribution is 5.98. The van der Waals surface area contributed by atoms with Crippen molar-refractivity contribution in [3.63, 3.8) is 0 Å². The van der Waals surface area contributed by atoms with Crippen LogP contribution in [0, 0.1) is 0 Å². The maximum absolute atomic E-state index is 12.4. The van der Waals surface area contributed by atoms with Crippen molar-refractivity contribution in [1.29, 1.82) is 0 Å². The van der Waals surface area contributed by atoms with E-state index in [2.05, 4.69) is 21.3 Å². The van der Waals surface area contributed by atoms with E-state index in [1.165, 1.54) is 14.2 Å². The maximum Gasteiger partial charge on any atom is 0.322 e. The molecular weight excluding hydrogens is 392 g/mol. The minimum Gasteiger partial charge on any atom is -0.468 e. The number of esters is 2. The van der Waals surface area contributed by atoms with E-state index >= 15 is 0 Å². The summed E-state index contributed by atoms with van der Waals surface area (Å²) < 4.78 is 9.40. The van der Waals surface area contributed by atoms with Crippen molar-refractivity contribution in [3.8, 4) is 0 Å². The van der Waals surface area contributed by atoms with Crippen LogP contribution in [0.25, 0.3) is 0 Å². The second kappa shape index (κ2) is 9.68. The molecule has 2 heterocycles. The van der Waals surface area contributed by atoms with E-state index in [4.69, 9.17) is 9.47 Å². The quantitative estimate of drug-likeness (QED) is 0.430. The van der Waals surface area contributed by atoms with Crippen LogP contribution in [0.2, 0.25) is 0 Å². The van der Waals surface area contributed by atoms with Crippen molar-refractivity contribution in [2.24, 2.45) is 0 Å². The topological polar surface area (TPSA) is 135 Å². The summed E-state index contributed by atoms with van der Waals surface area (Å²) in [6.45, 7) is 0.960. The van der Waals surface area contributed by atoms with Gasteiger partial charge in [-0.1, -0.05) is 0 Å². The number of rotatable bonds is 6. The number of ether oxygens (including phenoxy) is 2. The second-order valence-corrected chi connectivity index (χ2v) is 7.36. The lowest BCUT2D eigenvalue weighted by molar-refractivity contribution is -0.143. The van der Waals surface area contributed by atoms with Crippen LogP contribution in [0.5, 0.6) is 0 Å². The van der Waals surface area contributed by atoms with Gasteiger partial charge in [-0.05, 0) is 37.1 Å². The molecule has 0 aromatic heterocycles. The number of carbonyl (C=O) groups excluding carboxylic acids is 4. The SMILES string of the molecule is COC(=O)[C@@H]1CC(NC(=O)c2ccc(C(=O)N[C@@H]3CN[C@H](C(=O)OC)C3)cc2)CN1. The Balaban J connectivity index is 1.50. The van der Waals surface area contributed by atoms with Crippen LogP contribution in [0.15, 0.2) is 24.3 Å². The minimum atomic E-state index is -0.421. The van der Waals surface area contributed by atoms with Crippen molar-refractivity contribution >= 4 is 23.8 Å². The zero-order valence-electron chi connectivity index (χ0n) is 16.9. The molecule has 0 radical (unpaired) electrons. The summed E-state index contributed by atoms with van der Waals surface area (Å²) in [4.78, 5) is 47.9. The molecule has 10 heteroatoms. The van der Waals surface area contributed by atoms with E-state index in [0.29, 0.717) is 37.1 Å². The number of methoxy groups -OCH3 is 2. The molecule has 2 aliphatic heterocycles. The third kappa shape index (κ3) is 5.14. The largest absolute Gasteiger partial charge is 0.468 e. The summed E-state index contributed by atoms with van der Waals surface area (Å²) in [6, 6.07) is 5.11. The molecule has 0 aliphatic carbocycles. The molecule has 4 N–H and O–H groups in total. The summed E-state index contributed by atoms with van der Waals surface area (Å²) in [6.07, 6.45) is 0.918. The van der Waals surface area contributed by atoms with Gasteiger partial charge in [0.05, 0.1) is 14.2 Å². The molecule has 2 saturated heterocycles. The normalized spacial score (nSPS) is 25.4. The van der Waals surface area contributed by atoms with Gasteiger partial charge >= 0.3 is 11.9 Å². The fourth-order valence-corrected chi connectivity index (χ4v) is 3.65. The first kappa shape index (κ1) is 21.7. The first-order valence-electron chi connectivity index (χ1n) is 9.75. The Labute approximate surface area is 174 Å². The number of benzene rings is 1. The van der Waals surface area contributed by atoms with Gasteiger partial charge in [0.25, 0.3) is 11.8 Å². The Hall–Kier alpha value is -2.98. The van der Waals surface area contributed by atoms with Gasteiger partial charge in [0.2, 0.25) is 0 Å². The molecule has 1 aromatic rings. The fraction of sp³-hybridized carbons (Fsp3) is 0.500. The number of nitrogens with one attached hydrogen (secondary N) is 4. The van der Waals surface area contributed by atoms with E-state index in [-0.39, 0.29) is 35.8 Å². The molecule has 1 aromatic carbocycles. The molecule has 2 aliphatic rings. The Morgan fingerprint density at radius 3 is 1.47 bits per heavy atom. The van der Waals surface area contributed by atoms with Gasteiger partial charge < -0.3 is 30.7 Å². The summed E-state index contributed by atoms with van der Waals surface area (Å²) in [5, 5.41) is 11.8. The standard InChI is InChI=1S/C20H26N4O6/c1-29-19(27)15-7-13(9-21-15)23-17(25)11-3-5-12(6-4-11)18(26)24-14-8-16(22-10-14)20(28)30-2/h3-6,13-16,21-22H,7-10H2,1-2H3,(H,23,25)(H,24,26)/t13-,14?,15-,16-/m0/s1. The average Bonchev–Trinajstić information content (AvgIpc) is 3.42. The lowest BCUT2D eigenvalue weighted by Crippen LogP contribution is -2.37. The first-order valence-corrected chi connectivity index (χ1v) is 9.75. The average molecular weight is 418 g/mol. The zero-order chi connectivity index (χ0) is 21.7. The molecule has 162 valence electrons. The highest BCUT2D eigenvalue weighted by atomic mass is 16.5. The highest BCUT2D eigenvalue weighted by Gasteiger charge is 2.32. The van der Waals surface area contributed by atoms with E-state index in [9.17, 15) is 19.2 Å². The fourth-order valence-electron chi connectivity index (χ4n) is 3.65. The second-order valence-electron chi connectivity index (χ2n) is 7.36. The molecular formula is C20H26N4O6. The van der Waals surface area contributed by atoms with Crippen molar-refractivity contribution < 1.29 is 28.7 Å². The Morgan fingerprint density at radius 2 is 1.13 bits per heavy atom. The van der Waals surface area contributed by atoms with Crippen LogP contribution >= 0.6 is 0 Å². The smallest absolute Gasteiger partial charge is 0.322 e. The molecule has 0 bridgehead atoms. The lowest BCUT2D eigenvalue weighted by atomic mass is 10.1. The summed E-state index contributed by atoms with van der Waals surface area (Å²) >= 11 is 0. The van der Waals surface area contributed by atoms with Gasteiger partial charge in [0.15, 0.2) is 0 Å². The molecule has 10 nitrogen and oxygen atoms in total. The van der Waals surface area contributed by atoms with Gasteiger partial charge in [-0.2, -0.15) is 0 Å².